The lowest BCUT2D eigenvalue weighted by Crippen LogP contribution is -2.17. The number of rotatable bonds is 6. The van der Waals surface area contributed by atoms with Crippen molar-refractivity contribution in [3.63, 3.8) is 0 Å². The summed E-state index contributed by atoms with van der Waals surface area (Å²) < 4.78 is 9.13. The monoisotopic (exact) mass is 785 g/mol. The molecule has 0 amide bonds. The van der Waals surface area contributed by atoms with Crippen molar-refractivity contribution in [3.8, 4) is 44.5 Å². The fraction of sp³-hybridized carbons (Fsp3) is 0.0526. The summed E-state index contributed by atoms with van der Waals surface area (Å²) in [4.78, 5) is 2.45. The molecule has 60 heavy (non-hydrogen) atoms. The van der Waals surface area contributed by atoms with Crippen molar-refractivity contribution < 1.29 is 4.42 Å². The first-order valence-electron chi connectivity index (χ1n) is 20.7. The van der Waals surface area contributed by atoms with Crippen LogP contribution < -0.4 is 4.90 Å². The Labute approximate surface area is 353 Å². The lowest BCUT2D eigenvalue weighted by molar-refractivity contribution is 0.660. The average Bonchev–Trinajstić information content (AvgIpc) is 3.94. The fourth-order valence-electron chi connectivity index (χ4n) is 9.83. The van der Waals surface area contributed by atoms with Gasteiger partial charge in [0.25, 0.3) is 0 Å². The smallest absolute Gasteiger partial charge is 0.137 e. The van der Waals surface area contributed by atoms with Crippen LogP contribution in [-0.4, -0.2) is 0 Å². The van der Waals surface area contributed by atoms with Crippen molar-refractivity contribution in [1.82, 2.24) is 0 Å². The van der Waals surface area contributed by atoms with Gasteiger partial charge in [-0.25, -0.2) is 0 Å². The number of hydrogen-bond acceptors (Lipinski definition) is 3. The molecule has 0 saturated heterocycles. The minimum atomic E-state index is -0.155. The Balaban J connectivity index is 1.13. The zero-order valence-electron chi connectivity index (χ0n) is 33.3. The van der Waals surface area contributed by atoms with Gasteiger partial charge in [-0.15, -0.1) is 11.3 Å². The van der Waals surface area contributed by atoms with Gasteiger partial charge in [-0.05, 0) is 105 Å². The van der Waals surface area contributed by atoms with Gasteiger partial charge in [-0.3, -0.25) is 0 Å². The van der Waals surface area contributed by atoms with E-state index in [2.05, 4.69) is 213 Å². The second kappa shape index (κ2) is 13.4. The first-order valence-corrected chi connectivity index (χ1v) is 21.5. The third-order valence-corrected chi connectivity index (χ3v) is 13.8. The molecular weight excluding hydrogens is 747 g/mol. The second-order valence-corrected chi connectivity index (χ2v) is 17.5. The SMILES string of the molecule is CC1(C)c2ccccc2-c2ccc(N(c3ccc4c(c3)oc3ccccc34)c3ccccc3-c3ccc4sc5ccccc5c4c3-c3cccc(-c4ccccc4)c3)cc21. The van der Waals surface area contributed by atoms with Crippen LogP contribution >= 0.6 is 11.3 Å². The molecule has 2 heterocycles. The Bertz CT molecular complexity index is 3480. The van der Waals surface area contributed by atoms with E-state index in [-0.39, 0.29) is 5.41 Å². The Morgan fingerprint density at radius 3 is 1.97 bits per heavy atom. The molecule has 0 atom stereocenters. The summed E-state index contributed by atoms with van der Waals surface area (Å²) >= 11 is 1.87. The predicted molar refractivity (Wildman–Crippen MR) is 255 cm³/mol. The minimum absolute atomic E-state index is 0.155. The number of anilines is 3. The van der Waals surface area contributed by atoms with Crippen LogP contribution in [0.3, 0.4) is 0 Å². The van der Waals surface area contributed by atoms with Crippen molar-refractivity contribution in [3.05, 3.63) is 211 Å². The lowest BCUT2D eigenvalue weighted by atomic mass is 9.82. The summed E-state index contributed by atoms with van der Waals surface area (Å²) in [6.07, 6.45) is 0. The van der Waals surface area contributed by atoms with Crippen molar-refractivity contribution in [2.75, 3.05) is 4.90 Å². The van der Waals surface area contributed by atoms with Crippen molar-refractivity contribution in [2.24, 2.45) is 0 Å². The quantitative estimate of drug-likeness (QED) is 0.167. The highest BCUT2D eigenvalue weighted by Crippen LogP contribution is 2.53. The first kappa shape index (κ1) is 34.8. The van der Waals surface area contributed by atoms with Gasteiger partial charge in [-0.1, -0.05) is 153 Å². The van der Waals surface area contributed by atoms with Crippen LogP contribution in [0.25, 0.3) is 86.6 Å². The van der Waals surface area contributed by atoms with Crippen LogP contribution in [0.15, 0.2) is 205 Å². The number of hydrogen-bond donors (Lipinski definition) is 0. The summed E-state index contributed by atoms with van der Waals surface area (Å²) in [7, 11) is 0. The Morgan fingerprint density at radius 1 is 0.417 bits per heavy atom. The summed E-state index contributed by atoms with van der Waals surface area (Å²) in [5.74, 6) is 0. The van der Waals surface area contributed by atoms with E-state index in [9.17, 15) is 0 Å². The molecule has 2 nitrogen and oxygen atoms in total. The Hall–Kier alpha value is -7.20. The molecule has 9 aromatic carbocycles. The molecule has 0 unspecified atom stereocenters. The van der Waals surface area contributed by atoms with Crippen LogP contribution in [0.4, 0.5) is 17.1 Å². The van der Waals surface area contributed by atoms with Crippen molar-refractivity contribution in [2.45, 2.75) is 19.3 Å². The van der Waals surface area contributed by atoms with E-state index in [0.717, 1.165) is 44.6 Å². The summed E-state index contributed by atoms with van der Waals surface area (Å²) in [5.41, 5.74) is 17.4. The molecule has 11 aromatic rings. The van der Waals surface area contributed by atoms with Gasteiger partial charge in [0.15, 0.2) is 0 Å². The topological polar surface area (TPSA) is 16.4 Å². The minimum Gasteiger partial charge on any atom is -0.456 e. The van der Waals surface area contributed by atoms with Gasteiger partial charge in [0.05, 0.1) is 5.69 Å². The van der Waals surface area contributed by atoms with E-state index >= 15 is 0 Å². The van der Waals surface area contributed by atoms with Gasteiger partial charge in [-0.2, -0.15) is 0 Å². The standard InChI is InChI=1S/C57H39NOS/c1-57(2)48-23-10-6-19-41(48)42-29-27-39(34-49(42)57)58(40-28-30-45-44-21-8-12-25-51(44)59-52(45)35-40)50-24-11-7-20-43(50)46-31-32-54-56(47-22-9-13-26-53(47)60-54)55(46)38-18-14-17-37(33-38)36-15-4-3-5-16-36/h3-35H,1-2H3. The Morgan fingerprint density at radius 2 is 1.07 bits per heavy atom. The van der Waals surface area contributed by atoms with Gasteiger partial charge < -0.3 is 9.32 Å². The molecule has 1 aliphatic carbocycles. The molecule has 0 saturated carbocycles. The molecule has 0 radical (unpaired) electrons. The molecule has 12 rings (SSSR count). The summed E-state index contributed by atoms with van der Waals surface area (Å²) in [6, 6.07) is 73.2. The van der Waals surface area contributed by atoms with E-state index in [1.807, 2.05) is 17.4 Å². The average molecular weight is 786 g/mol. The largest absolute Gasteiger partial charge is 0.456 e. The first-order chi connectivity index (χ1) is 29.5. The maximum absolute atomic E-state index is 6.56. The zero-order chi connectivity index (χ0) is 40.0. The highest BCUT2D eigenvalue weighted by molar-refractivity contribution is 7.26. The third kappa shape index (κ3) is 5.33. The van der Waals surface area contributed by atoms with Crippen LogP contribution in [0.5, 0.6) is 0 Å². The van der Waals surface area contributed by atoms with Crippen LogP contribution in [0.1, 0.15) is 25.0 Å². The maximum Gasteiger partial charge on any atom is 0.137 e. The van der Waals surface area contributed by atoms with Gasteiger partial charge in [0.1, 0.15) is 11.2 Å². The van der Waals surface area contributed by atoms with E-state index in [0.29, 0.717) is 0 Å². The molecule has 0 fully saturated rings. The molecule has 284 valence electrons. The van der Waals surface area contributed by atoms with E-state index in [1.54, 1.807) is 0 Å². The van der Waals surface area contributed by atoms with Crippen LogP contribution in [0, 0.1) is 0 Å². The fourth-order valence-corrected chi connectivity index (χ4v) is 10.9. The van der Waals surface area contributed by atoms with Crippen molar-refractivity contribution in [1.29, 1.82) is 0 Å². The number of para-hydroxylation sites is 2. The highest BCUT2D eigenvalue weighted by Gasteiger charge is 2.36. The second-order valence-electron chi connectivity index (χ2n) is 16.4. The normalized spacial score (nSPS) is 13.0. The third-order valence-electron chi connectivity index (χ3n) is 12.7. The van der Waals surface area contributed by atoms with E-state index < -0.39 is 0 Å². The Kier molecular flexibility index (Phi) is 7.79. The lowest BCUT2D eigenvalue weighted by Gasteiger charge is -2.30. The number of thiophene rings is 1. The number of fused-ring (bicyclic) bond motifs is 9. The molecule has 3 heteroatoms. The number of benzene rings is 9. The van der Waals surface area contributed by atoms with Gasteiger partial charge >= 0.3 is 0 Å². The molecule has 1 aliphatic rings. The number of nitrogens with zero attached hydrogens (tertiary/aromatic N) is 1. The predicted octanol–water partition coefficient (Wildman–Crippen LogP) is 16.7. The van der Waals surface area contributed by atoms with E-state index in [4.69, 9.17) is 4.42 Å². The van der Waals surface area contributed by atoms with Crippen LogP contribution in [-0.2, 0) is 5.41 Å². The summed E-state index contributed by atoms with van der Waals surface area (Å²) in [6.45, 7) is 4.72. The maximum atomic E-state index is 6.56. The van der Waals surface area contributed by atoms with Crippen LogP contribution in [0.2, 0.25) is 0 Å². The zero-order valence-corrected chi connectivity index (χ0v) is 34.1. The highest BCUT2D eigenvalue weighted by atomic mass is 32.1. The molecule has 0 spiro atoms. The summed E-state index contributed by atoms with van der Waals surface area (Å²) in [5, 5.41) is 4.81. The van der Waals surface area contributed by atoms with Crippen molar-refractivity contribution >= 4 is 70.5 Å². The molecule has 0 aliphatic heterocycles. The molecule has 0 N–H and O–H groups in total. The molecule has 0 bridgehead atoms. The molecular formula is C57H39NOS. The molecule has 2 aromatic heterocycles. The van der Waals surface area contributed by atoms with E-state index in [1.165, 1.54) is 70.2 Å². The van der Waals surface area contributed by atoms with Gasteiger partial charge in [0.2, 0.25) is 0 Å². The van der Waals surface area contributed by atoms with Gasteiger partial charge in [0, 0.05) is 59.4 Å². The number of furan rings is 1.